The Hall–Kier alpha value is -0.200. The SMILES string of the molecule is CCC(C)C1C(O)C(O)C(O)C(O)C1O. The maximum atomic E-state index is 9.72. The molecule has 5 unspecified atom stereocenters. The molecule has 0 aromatic rings. The van der Waals surface area contributed by atoms with E-state index in [0.29, 0.717) is 6.42 Å². The van der Waals surface area contributed by atoms with E-state index in [1.54, 1.807) is 0 Å². The van der Waals surface area contributed by atoms with E-state index in [4.69, 9.17) is 0 Å². The van der Waals surface area contributed by atoms with Crippen LogP contribution in [0.15, 0.2) is 0 Å². The van der Waals surface area contributed by atoms with E-state index in [0.717, 1.165) is 0 Å². The fraction of sp³-hybridized carbons (Fsp3) is 1.00. The minimum Gasteiger partial charge on any atom is -0.390 e. The van der Waals surface area contributed by atoms with Crippen LogP contribution in [0.4, 0.5) is 0 Å². The zero-order valence-corrected chi connectivity index (χ0v) is 8.98. The van der Waals surface area contributed by atoms with Gasteiger partial charge in [0.25, 0.3) is 0 Å². The van der Waals surface area contributed by atoms with Crippen molar-refractivity contribution in [3.8, 4) is 0 Å². The van der Waals surface area contributed by atoms with E-state index in [1.165, 1.54) is 0 Å². The molecule has 0 amide bonds. The van der Waals surface area contributed by atoms with Crippen LogP contribution in [0.3, 0.4) is 0 Å². The van der Waals surface area contributed by atoms with Crippen molar-refractivity contribution < 1.29 is 25.5 Å². The predicted molar refractivity (Wildman–Crippen MR) is 53.0 cm³/mol. The largest absolute Gasteiger partial charge is 0.390 e. The Bertz CT molecular complexity index is 194. The van der Waals surface area contributed by atoms with Gasteiger partial charge in [-0.2, -0.15) is 0 Å². The lowest BCUT2D eigenvalue weighted by molar-refractivity contribution is -0.212. The highest BCUT2D eigenvalue weighted by molar-refractivity contribution is 4.99. The van der Waals surface area contributed by atoms with Crippen molar-refractivity contribution in [1.29, 1.82) is 0 Å². The van der Waals surface area contributed by atoms with E-state index in [1.807, 2.05) is 13.8 Å². The molecule has 1 aliphatic carbocycles. The van der Waals surface area contributed by atoms with Gasteiger partial charge in [-0.1, -0.05) is 20.3 Å². The summed E-state index contributed by atoms with van der Waals surface area (Å²) in [5.41, 5.74) is 0. The minimum atomic E-state index is -1.49. The van der Waals surface area contributed by atoms with E-state index >= 15 is 0 Å². The quantitative estimate of drug-likeness (QED) is 0.388. The average Bonchev–Trinajstić information content (AvgIpc) is 2.23. The molecule has 5 N–H and O–H groups in total. The molecule has 0 spiro atoms. The molecular formula is C10H20O5. The zero-order valence-electron chi connectivity index (χ0n) is 8.98. The summed E-state index contributed by atoms with van der Waals surface area (Å²) < 4.78 is 0. The second-order valence-corrected chi connectivity index (χ2v) is 4.42. The number of rotatable bonds is 2. The highest BCUT2D eigenvalue weighted by Crippen LogP contribution is 2.33. The first-order valence-corrected chi connectivity index (χ1v) is 5.32. The first-order chi connectivity index (χ1) is 6.91. The van der Waals surface area contributed by atoms with Gasteiger partial charge in [0.15, 0.2) is 0 Å². The number of hydrogen-bond donors (Lipinski definition) is 5. The van der Waals surface area contributed by atoms with Crippen molar-refractivity contribution in [2.24, 2.45) is 11.8 Å². The molecule has 1 saturated carbocycles. The van der Waals surface area contributed by atoms with Gasteiger partial charge in [-0.05, 0) is 5.92 Å². The Balaban J connectivity index is 2.86. The summed E-state index contributed by atoms with van der Waals surface area (Å²) in [5, 5.41) is 47.7. The molecule has 0 bridgehead atoms. The second kappa shape index (κ2) is 4.76. The van der Waals surface area contributed by atoms with Crippen LogP contribution < -0.4 is 0 Å². The summed E-state index contributed by atoms with van der Waals surface area (Å²) >= 11 is 0. The Morgan fingerprint density at radius 3 is 1.47 bits per heavy atom. The van der Waals surface area contributed by atoms with E-state index in [-0.39, 0.29) is 5.92 Å². The highest BCUT2D eigenvalue weighted by Gasteiger charge is 2.49. The predicted octanol–water partition coefficient (Wildman–Crippen LogP) is -1.53. The van der Waals surface area contributed by atoms with E-state index in [9.17, 15) is 25.5 Å². The third kappa shape index (κ3) is 2.16. The van der Waals surface area contributed by atoms with Gasteiger partial charge in [-0.25, -0.2) is 0 Å². The molecule has 0 aromatic carbocycles. The van der Waals surface area contributed by atoms with Gasteiger partial charge < -0.3 is 25.5 Å². The summed E-state index contributed by atoms with van der Waals surface area (Å²) in [5.74, 6) is -0.643. The number of hydrogen-bond acceptors (Lipinski definition) is 5. The van der Waals surface area contributed by atoms with Gasteiger partial charge in [-0.15, -0.1) is 0 Å². The van der Waals surface area contributed by atoms with Crippen LogP contribution in [-0.2, 0) is 0 Å². The molecule has 1 fully saturated rings. The van der Waals surface area contributed by atoms with Crippen molar-refractivity contribution in [3.63, 3.8) is 0 Å². The molecule has 0 saturated heterocycles. The van der Waals surface area contributed by atoms with E-state index in [2.05, 4.69) is 0 Å². The van der Waals surface area contributed by atoms with Crippen LogP contribution in [0.1, 0.15) is 20.3 Å². The Labute approximate surface area is 89.0 Å². The van der Waals surface area contributed by atoms with Crippen LogP contribution >= 0.6 is 0 Å². The lowest BCUT2D eigenvalue weighted by Crippen LogP contribution is -2.62. The summed E-state index contributed by atoms with van der Waals surface area (Å²) in [6.07, 6.45) is -5.98. The normalized spacial score (nSPS) is 49.0. The highest BCUT2D eigenvalue weighted by atomic mass is 16.4. The molecule has 5 atom stereocenters. The summed E-state index contributed by atoms with van der Waals surface area (Å²) in [6.45, 7) is 3.72. The molecule has 90 valence electrons. The van der Waals surface area contributed by atoms with Gasteiger partial charge in [0.05, 0.1) is 12.2 Å². The lowest BCUT2D eigenvalue weighted by Gasteiger charge is -2.44. The first kappa shape index (κ1) is 12.9. The molecule has 5 nitrogen and oxygen atoms in total. The topological polar surface area (TPSA) is 101 Å². The van der Waals surface area contributed by atoms with Crippen molar-refractivity contribution in [3.05, 3.63) is 0 Å². The molecule has 15 heavy (non-hydrogen) atoms. The van der Waals surface area contributed by atoms with Crippen molar-refractivity contribution in [2.45, 2.75) is 50.8 Å². The Morgan fingerprint density at radius 2 is 1.13 bits per heavy atom. The number of aliphatic hydroxyl groups excluding tert-OH is 5. The minimum absolute atomic E-state index is 0.0354. The number of aliphatic hydroxyl groups is 5. The summed E-state index contributed by atoms with van der Waals surface area (Å²) in [4.78, 5) is 0. The Kier molecular flexibility index (Phi) is 4.08. The van der Waals surface area contributed by atoms with Gasteiger partial charge in [0.2, 0.25) is 0 Å². The molecule has 0 aromatic heterocycles. The van der Waals surface area contributed by atoms with Crippen LogP contribution in [0.25, 0.3) is 0 Å². The third-order valence-electron chi connectivity index (χ3n) is 3.49. The van der Waals surface area contributed by atoms with Crippen LogP contribution in [0.2, 0.25) is 0 Å². The van der Waals surface area contributed by atoms with Crippen LogP contribution in [0.5, 0.6) is 0 Å². The fourth-order valence-electron chi connectivity index (χ4n) is 2.21. The standard InChI is InChI=1S/C10H20O5/c1-3-4(2)5-6(11)8(13)10(15)9(14)7(5)12/h4-15H,3H2,1-2H3. The van der Waals surface area contributed by atoms with Crippen LogP contribution in [0, 0.1) is 11.8 Å². The molecule has 0 aliphatic heterocycles. The maximum absolute atomic E-state index is 9.72. The summed E-state index contributed by atoms with van der Waals surface area (Å²) in [7, 11) is 0. The third-order valence-corrected chi connectivity index (χ3v) is 3.49. The fourth-order valence-corrected chi connectivity index (χ4v) is 2.21. The van der Waals surface area contributed by atoms with Gasteiger partial charge in [-0.3, -0.25) is 0 Å². The molecule has 0 radical (unpaired) electrons. The van der Waals surface area contributed by atoms with E-state index < -0.39 is 36.4 Å². The zero-order chi connectivity index (χ0) is 11.7. The lowest BCUT2D eigenvalue weighted by atomic mass is 9.72. The first-order valence-electron chi connectivity index (χ1n) is 5.32. The smallest absolute Gasteiger partial charge is 0.111 e. The monoisotopic (exact) mass is 220 g/mol. The second-order valence-electron chi connectivity index (χ2n) is 4.42. The van der Waals surface area contributed by atoms with Crippen molar-refractivity contribution in [2.75, 3.05) is 0 Å². The maximum Gasteiger partial charge on any atom is 0.111 e. The molecule has 1 rings (SSSR count). The molecule has 1 aliphatic rings. The molecule has 5 heteroatoms. The summed E-state index contributed by atoms with van der Waals surface area (Å²) in [6, 6.07) is 0. The van der Waals surface area contributed by atoms with Crippen LogP contribution in [-0.4, -0.2) is 56.1 Å². The van der Waals surface area contributed by atoms with Gasteiger partial charge in [0, 0.05) is 5.92 Å². The molecular weight excluding hydrogens is 200 g/mol. The average molecular weight is 220 g/mol. The van der Waals surface area contributed by atoms with Crippen molar-refractivity contribution in [1.82, 2.24) is 0 Å². The van der Waals surface area contributed by atoms with Gasteiger partial charge in [0.1, 0.15) is 18.3 Å². The Morgan fingerprint density at radius 1 is 0.800 bits per heavy atom. The van der Waals surface area contributed by atoms with Crippen molar-refractivity contribution >= 4 is 0 Å². The van der Waals surface area contributed by atoms with Gasteiger partial charge >= 0.3 is 0 Å². The molecule has 0 heterocycles.